The van der Waals surface area contributed by atoms with E-state index in [0.29, 0.717) is 11.6 Å². The number of sulfonamides is 1. The third-order valence-corrected chi connectivity index (χ3v) is 3.34. The summed E-state index contributed by atoms with van der Waals surface area (Å²) in [5.74, 6) is 0.714. The first kappa shape index (κ1) is 14.8. The van der Waals surface area contributed by atoms with Crippen LogP contribution in [-0.4, -0.2) is 14.5 Å². The van der Waals surface area contributed by atoms with Crippen LogP contribution >= 0.6 is 0 Å². The summed E-state index contributed by atoms with van der Waals surface area (Å²) in [5, 5.41) is 5.14. The first-order valence-electron chi connectivity index (χ1n) is 5.79. The Bertz CT molecular complexity index is 512. The monoisotopic (exact) mass is 272 g/mol. The Balaban J connectivity index is 3.02. The summed E-state index contributed by atoms with van der Waals surface area (Å²) in [4.78, 5) is -0.0712. The molecule has 0 saturated heterocycles. The van der Waals surface area contributed by atoms with Crippen molar-refractivity contribution in [1.82, 2.24) is 0 Å². The number of nitrogen functional groups attached to an aromatic ring is 1. The van der Waals surface area contributed by atoms with E-state index >= 15 is 0 Å². The van der Waals surface area contributed by atoms with E-state index in [2.05, 4.69) is 13.8 Å². The van der Waals surface area contributed by atoms with Gasteiger partial charge in [-0.3, -0.25) is 0 Å². The highest BCUT2D eigenvalue weighted by Gasteiger charge is 2.17. The molecule has 0 aromatic heterocycles. The molecule has 0 amide bonds. The molecule has 1 aromatic carbocycles. The van der Waals surface area contributed by atoms with Gasteiger partial charge in [-0.1, -0.05) is 13.8 Å². The van der Waals surface area contributed by atoms with E-state index in [9.17, 15) is 8.42 Å². The predicted octanol–water partition coefficient (Wildman–Crippen LogP) is 1.73. The third kappa shape index (κ3) is 4.19. The normalized spacial score (nSPS) is 13.6. The largest absolute Gasteiger partial charge is 0.489 e. The van der Waals surface area contributed by atoms with Gasteiger partial charge in [0.05, 0.1) is 6.10 Å². The molecule has 0 aliphatic heterocycles. The Morgan fingerprint density at radius 2 is 1.89 bits per heavy atom. The highest BCUT2D eigenvalue weighted by molar-refractivity contribution is 7.89. The Labute approximate surface area is 108 Å². The fraction of sp³-hybridized carbons (Fsp3) is 0.500. The molecule has 0 aliphatic rings. The zero-order chi connectivity index (χ0) is 13.9. The Kier molecular flexibility index (Phi) is 4.59. The van der Waals surface area contributed by atoms with Crippen molar-refractivity contribution in [2.75, 3.05) is 5.73 Å². The smallest absolute Gasteiger partial charge is 0.241 e. The van der Waals surface area contributed by atoms with Gasteiger partial charge in [-0.25, -0.2) is 13.6 Å². The molecule has 0 heterocycles. The highest BCUT2D eigenvalue weighted by Crippen LogP contribution is 2.27. The van der Waals surface area contributed by atoms with Gasteiger partial charge in [0, 0.05) is 5.69 Å². The molecule has 4 N–H and O–H groups in total. The second kappa shape index (κ2) is 5.58. The van der Waals surface area contributed by atoms with E-state index in [-0.39, 0.29) is 16.7 Å². The van der Waals surface area contributed by atoms with Crippen molar-refractivity contribution in [1.29, 1.82) is 0 Å². The van der Waals surface area contributed by atoms with Crippen molar-refractivity contribution in [2.45, 2.75) is 38.2 Å². The van der Waals surface area contributed by atoms with Gasteiger partial charge in [0.2, 0.25) is 10.0 Å². The fourth-order valence-corrected chi connectivity index (χ4v) is 2.47. The van der Waals surface area contributed by atoms with Crippen LogP contribution in [0.3, 0.4) is 0 Å². The summed E-state index contributed by atoms with van der Waals surface area (Å²) in [6, 6.07) is 4.44. The Morgan fingerprint density at radius 1 is 1.28 bits per heavy atom. The maximum absolute atomic E-state index is 11.5. The minimum atomic E-state index is -3.84. The van der Waals surface area contributed by atoms with Gasteiger partial charge in [0.15, 0.2) is 0 Å². The maximum Gasteiger partial charge on any atom is 0.241 e. The summed E-state index contributed by atoms with van der Waals surface area (Å²) in [5.41, 5.74) is 5.90. The molecule has 18 heavy (non-hydrogen) atoms. The average molecular weight is 272 g/mol. The number of ether oxygens (including phenoxy) is 1. The van der Waals surface area contributed by atoms with Gasteiger partial charge >= 0.3 is 0 Å². The van der Waals surface area contributed by atoms with E-state index in [1.807, 2.05) is 6.92 Å². The number of nitrogens with two attached hydrogens (primary N) is 2. The molecule has 0 saturated carbocycles. The molecular formula is C12H20N2O3S. The average Bonchev–Trinajstić information content (AvgIpc) is 2.17. The summed E-state index contributed by atoms with van der Waals surface area (Å²) in [6.45, 7) is 6.04. The number of primary sulfonamides is 1. The van der Waals surface area contributed by atoms with Crippen LogP contribution in [0.25, 0.3) is 0 Å². The van der Waals surface area contributed by atoms with E-state index in [1.165, 1.54) is 12.1 Å². The molecular weight excluding hydrogens is 252 g/mol. The quantitative estimate of drug-likeness (QED) is 0.798. The maximum atomic E-state index is 11.5. The molecule has 0 bridgehead atoms. The van der Waals surface area contributed by atoms with Crippen molar-refractivity contribution in [3.8, 4) is 5.75 Å². The van der Waals surface area contributed by atoms with E-state index in [1.54, 1.807) is 6.07 Å². The number of benzene rings is 1. The lowest BCUT2D eigenvalue weighted by Crippen LogP contribution is -2.19. The zero-order valence-corrected chi connectivity index (χ0v) is 11.7. The van der Waals surface area contributed by atoms with Gasteiger partial charge in [-0.05, 0) is 37.5 Å². The molecule has 1 atom stereocenters. The molecule has 1 aromatic rings. The Morgan fingerprint density at radius 3 is 2.39 bits per heavy atom. The second-order valence-electron chi connectivity index (χ2n) is 4.81. The molecule has 6 heteroatoms. The van der Waals surface area contributed by atoms with Crippen LogP contribution in [0.4, 0.5) is 5.69 Å². The van der Waals surface area contributed by atoms with E-state index in [4.69, 9.17) is 15.6 Å². The van der Waals surface area contributed by atoms with Gasteiger partial charge in [0.1, 0.15) is 10.6 Å². The van der Waals surface area contributed by atoms with Crippen molar-refractivity contribution in [3.63, 3.8) is 0 Å². The first-order chi connectivity index (χ1) is 8.20. The van der Waals surface area contributed by atoms with Crippen LogP contribution in [0.2, 0.25) is 0 Å². The lowest BCUT2D eigenvalue weighted by Gasteiger charge is -2.18. The predicted molar refractivity (Wildman–Crippen MR) is 71.8 cm³/mol. The first-order valence-corrected chi connectivity index (χ1v) is 7.33. The standard InChI is InChI=1S/C12H20N2O3S/c1-8(2)6-9(3)17-11-5-4-10(13)7-12(11)18(14,15)16/h4-5,7-9H,6,13H2,1-3H3,(H2,14,15,16). The molecule has 0 spiro atoms. The SMILES string of the molecule is CC(C)CC(C)Oc1ccc(N)cc1S(N)(=O)=O. The van der Waals surface area contributed by atoms with Gasteiger partial charge in [0.25, 0.3) is 0 Å². The minimum absolute atomic E-state index is 0.0712. The Hall–Kier alpha value is -1.27. The van der Waals surface area contributed by atoms with Gasteiger partial charge in [-0.15, -0.1) is 0 Å². The third-order valence-electron chi connectivity index (χ3n) is 2.41. The lowest BCUT2D eigenvalue weighted by molar-refractivity contribution is 0.188. The molecule has 0 aliphatic carbocycles. The van der Waals surface area contributed by atoms with E-state index < -0.39 is 10.0 Å². The topological polar surface area (TPSA) is 95.4 Å². The summed E-state index contributed by atoms with van der Waals surface area (Å²) in [7, 11) is -3.84. The molecule has 0 radical (unpaired) electrons. The van der Waals surface area contributed by atoms with Crippen molar-refractivity contribution >= 4 is 15.7 Å². The van der Waals surface area contributed by atoms with Crippen LogP contribution < -0.4 is 15.6 Å². The summed E-state index contributed by atoms with van der Waals surface area (Å²) < 4.78 is 28.5. The molecule has 5 nitrogen and oxygen atoms in total. The van der Waals surface area contributed by atoms with Crippen LogP contribution in [-0.2, 0) is 10.0 Å². The van der Waals surface area contributed by atoms with Gasteiger partial charge in [-0.2, -0.15) is 0 Å². The number of hydrogen-bond acceptors (Lipinski definition) is 4. The zero-order valence-electron chi connectivity index (χ0n) is 10.9. The van der Waals surface area contributed by atoms with E-state index in [0.717, 1.165) is 6.42 Å². The number of anilines is 1. The van der Waals surface area contributed by atoms with Crippen molar-refractivity contribution in [3.05, 3.63) is 18.2 Å². The summed E-state index contributed by atoms with van der Waals surface area (Å²) >= 11 is 0. The molecule has 1 unspecified atom stereocenters. The number of rotatable bonds is 5. The van der Waals surface area contributed by atoms with Crippen LogP contribution in [0.1, 0.15) is 27.2 Å². The van der Waals surface area contributed by atoms with Gasteiger partial charge < -0.3 is 10.5 Å². The molecule has 0 fully saturated rings. The second-order valence-corrected chi connectivity index (χ2v) is 6.34. The summed E-state index contributed by atoms with van der Waals surface area (Å²) in [6.07, 6.45) is 0.739. The number of hydrogen-bond donors (Lipinski definition) is 2. The van der Waals surface area contributed by atoms with Crippen LogP contribution in [0.15, 0.2) is 23.1 Å². The minimum Gasteiger partial charge on any atom is -0.489 e. The van der Waals surface area contributed by atoms with Crippen molar-refractivity contribution < 1.29 is 13.2 Å². The van der Waals surface area contributed by atoms with Crippen LogP contribution in [0.5, 0.6) is 5.75 Å². The molecule has 1 rings (SSSR count). The molecule has 102 valence electrons. The van der Waals surface area contributed by atoms with Crippen LogP contribution in [0, 0.1) is 5.92 Å². The fourth-order valence-electron chi connectivity index (χ4n) is 1.77. The lowest BCUT2D eigenvalue weighted by atomic mass is 10.1. The highest BCUT2D eigenvalue weighted by atomic mass is 32.2. The van der Waals surface area contributed by atoms with Crippen molar-refractivity contribution in [2.24, 2.45) is 11.1 Å².